The summed E-state index contributed by atoms with van der Waals surface area (Å²) in [6, 6.07) is 15.3. The van der Waals surface area contributed by atoms with Gasteiger partial charge in [-0.15, -0.1) is 0 Å². The van der Waals surface area contributed by atoms with Crippen molar-refractivity contribution in [3.63, 3.8) is 0 Å². The Bertz CT molecular complexity index is 2680. The highest BCUT2D eigenvalue weighted by molar-refractivity contribution is 7.54. The molecular formula is C52H66F2N5O12P. The van der Waals surface area contributed by atoms with Gasteiger partial charge < -0.3 is 35.6 Å². The van der Waals surface area contributed by atoms with E-state index in [1.807, 2.05) is 30.3 Å². The standard InChI is InChI=1S/C52H66F2N5O12P/c1-10-30(2)33-16-14-32(15-17-33)27-67-31(3)38(22-23-43(55)60)57-46(62)42-26-35-13-11-12-34-18-20-40(47(63)59(42)44(34)35)58-45(61)41-25-36-24-37(19-21-39(36)56-41)52(53,54)72(66,70-28-68-48(64)50(4,5)6)71-29-69-49(65)51(7,8)9/h11-17,19,21,24-25,30-31,38,40,42,56H,10,18,20,22-23,26-29H2,1-9H3,(H2,55,60)(H,57,62)(H,58,61)/t30?,31-,38+,40+,42+/m1/s1. The van der Waals surface area contributed by atoms with Crippen LogP contribution in [0.1, 0.15) is 132 Å². The molecule has 390 valence electrons. The Balaban J connectivity index is 1.18. The van der Waals surface area contributed by atoms with Gasteiger partial charge in [0.05, 0.1) is 35.3 Å². The normalized spacial score (nSPS) is 17.4. The van der Waals surface area contributed by atoms with Crippen LogP contribution in [0, 0.1) is 10.8 Å². The first-order valence-electron chi connectivity index (χ1n) is 24.0. The van der Waals surface area contributed by atoms with E-state index in [2.05, 4.69) is 41.6 Å². The molecule has 0 fully saturated rings. The third kappa shape index (κ3) is 12.8. The quantitative estimate of drug-likeness (QED) is 0.0350. The lowest BCUT2D eigenvalue weighted by Gasteiger charge is -2.31. The molecule has 0 saturated carbocycles. The summed E-state index contributed by atoms with van der Waals surface area (Å²) in [4.78, 5) is 84.0. The molecule has 3 aromatic carbocycles. The number of rotatable bonds is 21. The monoisotopic (exact) mass is 1020 g/mol. The molecule has 1 aromatic heterocycles. The van der Waals surface area contributed by atoms with Gasteiger partial charge >= 0.3 is 25.2 Å². The van der Waals surface area contributed by atoms with E-state index >= 15 is 8.78 Å². The average molecular weight is 1020 g/mol. The topological polar surface area (TPSA) is 235 Å². The molecule has 4 amide bonds. The van der Waals surface area contributed by atoms with Gasteiger partial charge in [-0.2, -0.15) is 8.78 Å². The van der Waals surface area contributed by atoms with Crippen molar-refractivity contribution in [2.75, 3.05) is 18.5 Å². The number of hydrogen-bond acceptors (Lipinski definition) is 12. The maximum Gasteiger partial charge on any atom is 0.410 e. The van der Waals surface area contributed by atoms with E-state index in [4.69, 9.17) is 29.0 Å². The van der Waals surface area contributed by atoms with Crippen LogP contribution < -0.4 is 21.3 Å². The first-order valence-corrected chi connectivity index (χ1v) is 25.6. The van der Waals surface area contributed by atoms with Crippen LogP contribution in [0.15, 0.2) is 66.7 Å². The third-order valence-electron chi connectivity index (χ3n) is 12.9. The summed E-state index contributed by atoms with van der Waals surface area (Å²) in [5.41, 5.74) is 2.57. The number of H-pyrrole nitrogens is 1. The first kappa shape index (κ1) is 55.3. The van der Waals surface area contributed by atoms with Crippen LogP contribution in [0.5, 0.6) is 0 Å². The van der Waals surface area contributed by atoms with Gasteiger partial charge in [0, 0.05) is 29.3 Å². The molecule has 4 aromatic rings. The molecule has 2 aliphatic rings. The lowest BCUT2D eigenvalue weighted by molar-refractivity contribution is -0.163. The fourth-order valence-corrected chi connectivity index (χ4v) is 9.50. The van der Waals surface area contributed by atoms with E-state index in [0.29, 0.717) is 18.0 Å². The van der Waals surface area contributed by atoms with Crippen LogP contribution in [0.4, 0.5) is 14.5 Å². The Morgan fingerprint density at radius 2 is 1.51 bits per heavy atom. The molecule has 5 N–H and O–H groups in total. The number of para-hydroxylation sites is 1. The molecule has 0 radical (unpaired) electrons. The number of ether oxygens (including phenoxy) is 3. The Labute approximate surface area is 418 Å². The smallest absolute Gasteiger partial charge is 0.410 e. The minimum atomic E-state index is -5.64. The van der Waals surface area contributed by atoms with Crippen LogP contribution in [0.25, 0.3) is 10.9 Å². The number of esters is 2. The maximum absolute atomic E-state index is 16.4. The van der Waals surface area contributed by atoms with E-state index < -0.39 is 103 Å². The number of nitrogens with two attached hydrogens (primary N) is 1. The van der Waals surface area contributed by atoms with Crippen molar-refractivity contribution in [2.45, 2.75) is 143 Å². The Morgan fingerprint density at radius 1 is 0.889 bits per heavy atom. The Morgan fingerprint density at radius 3 is 2.11 bits per heavy atom. The number of hydrogen-bond donors (Lipinski definition) is 4. The van der Waals surface area contributed by atoms with Gasteiger partial charge in [0.2, 0.25) is 31.3 Å². The highest BCUT2D eigenvalue weighted by Gasteiger charge is 2.56. The van der Waals surface area contributed by atoms with Crippen LogP contribution in [-0.2, 0) is 76.9 Å². The highest BCUT2D eigenvalue weighted by Crippen LogP contribution is 2.67. The molecule has 3 heterocycles. The summed E-state index contributed by atoms with van der Waals surface area (Å²) in [5, 5.41) is 5.90. The van der Waals surface area contributed by atoms with Crippen LogP contribution in [0.3, 0.4) is 0 Å². The average Bonchev–Trinajstić information content (AvgIpc) is 3.91. The summed E-state index contributed by atoms with van der Waals surface area (Å²) >= 11 is 0. The number of aryl methyl sites for hydroxylation is 1. The number of amides is 4. The molecule has 6 rings (SSSR count). The van der Waals surface area contributed by atoms with Gasteiger partial charge in [-0.05, 0) is 121 Å². The SMILES string of the molecule is CCC(C)c1ccc(CO[C@H](C)[C@H](CCC(N)=O)NC(=O)[C@@H]2Cc3cccc4c3N2C(=O)[C@@H](NC(=O)c2cc3cc(C(F)(F)P(=O)(OCOC(=O)C(C)(C)C)OCOC(=O)C(C)(C)C)ccc3[nH]2)CC4)cc1. The number of primary amides is 1. The number of carbonyl (C=O) groups is 6. The number of nitrogens with zero attached hydrogens (tertiary/aromatic N) is 1. The van der Waals surface area contributed by atoms with Gasteiger partial charge in [-0.3, -0.25) is 47.3 Å². The number of fused-ring (bicyclic) bond motifs is 1. The predicted molar refractivity (Wildman–Crippen MR) is 264 cm³/mol. The summed E-state index contributed by atoms with van der Waals surface area (Å²) in [6.45, 7) is 13.1. The van der Waals surface area contributed by atoms with Crippen molar-refractivity contribution in [3.05, 3.63) is 100 Å². The van der Waals surface area contributed by atoms with Crippen molar-refractivity contribution in [3.8, 4) is 0 Å². The number of carbonyl (C=O) groups excluding carboxylic acids is 6. The Kier molecular flexibility index (Phi) is 17.2. The molecule has 2 aliphatic heterocycles. The molecule has 17 nitrogen and oxygen atoms in total. The van der Waals surface area contributed by atoms with E-state index in [-0.39, 0.29) is 48.9 Å². The van der Waals surface area contributed by atoms with Gasteiger partial charge in [0.1, 0.15) is 17.8 Å². The number of aromatic amines is 1. The summed E-state index contributed by atoms with van der Waals surface area (Å²) < 4.78 is 72.9. The fourth-order valence-electron chi connectivity index (χ4n) is 8.26. The fraction of sp³-hybridized carbons (Fsp3) is 0.500. The minimum Gasteiger partial charge on any atom is -0.438 e. The van der Waals surface area contributed by atoms with Gasteiger partial charge in [-0.25, -0.2) is 0 Å². The number of anilines is 1. The van der Waals surface area contributed by atoms with Crippen molar-refractivity contribution in [1.82, 2.24) is 15.6 Å². The molecule has 0 bridgehead atoms. The van der Waals surface area contributed by atoms with Crippen molar-refractivity contribution < 1.29 is 65.4 Å². The second-order valence-electron chi connectivity index (χ2n) is 20.5. The number of alkyl halides is 2. The van der Waals surface area contributed by atoms with Gasteiger partial charge in [0.15, 0.2) is 0 Å². The summed E-state index contributed by atoms with van der Waals surface area (Å²) in [7, 11) is -5.64. The molecule has 0 aliphatic carbocycles. The highest BCUT2D eigenvalue weighted by atomic mass is 31.2. The first-order chi connectivity index (χ1) is 33.7. The van der Waals surface area contributed by atoms with Gasteiger partial charge in [-0.1, -0.05) is 62.4 Å². The lowest BCUT2D eigenvalue weighted by Crippen LogP contribution is -2.56. The van der Waals surface area contributed by atoms with Crippen molar-refractivity contribution in [2.24, 2.45) is 16.6 Å². The number of benzene rings is 3. The van der Waals surface area contributed by atoms with E-state index in [1.54, 1.807) is 6.92 Å². The zero-order valence-electron chi connectivity index (χ0n) is 42.2. The second kappa shape index (κ2) is 22.4. The van der Waals surface area contributed by atoms with E-state index in [9.17, 15) is 33.3 Å². The lowest BCUT2D eigenvalue weighted by atomic mass is 9.98. The molecule has 0 saturated heterocycles. The number of aromatic nitrogens is 1. The summed E-state index contributed by atoms with van der Waals surface area (Å²) in [5.74, 6) is -3.60. The molecule has 1 unspecified atom stereocenters. The van der Waals surface area contributed by atoms with Crippen LogP contribution in [0.2, 0.25) is 0 Å². The van der Waals surface area contributed by atoms with E-state index in [1.165, 1.54) is 64.1 Å². The van der Waals surface area contributed by atoms with Crippen LogP contribution >= 0.6 is 7.60 Å². The number of halogens is 2. The predicted octanol–water partition coefficient (Wildman–Crippen LogP) is 8.41. The van der Waals surface area contributed by atoms with E-state index in [0.717, 1.165) is 35.2 Å². The maximum atomic E-state index is 16.4. The van der Waals surface area contributed by atoms with Crippen molar-refractivity contribution in [1.29, 1.82) is 0 Å². The molecule has 20 heteroatoms. The molecule has 0 spiro atoms. The second-order valence-corrected chi connectivity index (χ2v) is 22.6. The largest absolute Gasteiger partial charge is 0.438 e. The third-order valence-corrected chi connectivity index (χ3v) is 14.7. The molecule has 5 atom stereocenters. The minimum absolute atomic E-state index is 0.0257. The molecule has 72 heavy (non-hydrogen) atoms. The molecular weight excluding hydrogens is 956 g/mol. The summed E-state index contributed by atoms with van der Waals surface area (Å²) in [6.07, 6.45) is 1.32. The van der Waals surface area contributed by atoms with Crippen molar-refractivity contribution >= 4 is 59.8 Å². The zero-order chi connectivity index (χ0) is 52.9. The van der Waals surface area contributed by atoms with Crippen LogP contribution in [-0.4, -0.2) is 78.4 Å². The van der Waals surface area contributed by atoms with Gasteiger partial charge in [0.25, 0.3) is 5.91 Å². The zero-order valence-corrected chi connectivity index (χ0v) is 43.1. The Hall–Kier alpha value is -6.01. The number of nitrogens with one attached hydrogen (secondary N) is 3.